The van der Waals surface area contributed by atoms with Gasteiger partial charge in [-0.05, 0) is 24.4 Å². The Labute approximate surface area is 121 Å². The van der Waals surface area contributed by atoms with E-state index in [0.717, 1.165) is 0 Å². The summed E-state index contributed by atoms with van der Waals surface area (Å²) in [6.07, 6.45) is 4.81. The highest BCUT2D eigenvalue weighted by atomic mass is 32.1. The van der Waals surface area contributed by atoms with E-state index in [0.29, 0.717) is 28.9 Å². The fourth-order valence-electron chi connectivity index (χ4n) is 1.52. The minimum absolute atomic E-state index is 0.387. The maximum atomic E-state index is 9.12. The molecule has 7 heteroatoms. The molecule has 0 saturated heterocycles. The van der Waals surface area contributed by atoms with Gasteiger partial charge in [0.25, 0.3) is 0 Å². The van der Waals surface area contributed by atoms with Gasteiger partial charge in [-0.15, -0.1) is 6.58 Å². The fraction of sp³-hybridized carbons (Fsp3) is 0.0769. The van der Waals surface area contributed by atoms with E-state index >= 15 is 0 Å². The Morgan fingerprint density at radius 2 is 2.40 bits per heavy atom. The summed E-state index contributed by atoms with van der Waals surface area (Å²) >= 11 is 5.14. The van der Waals surface area contributed by atoms with E-state index in [9.17, 15) is 0 Å². The number of aromatic nitrogens is 3. The van der Waals surface area contributed by atoms with Crippen molar-refractivity contribution in [2.45, 2.75) is 0 Å². The Morgan fingerprint density at radius 1 is 1.55 bits per heavy atom. The third-order valence-electron chi connectivity index (χ3n) is 2.39. The van der Waals surface area contributed by atoms with Gasteiger partial charge in [-0.25, -0.2) is 4.98 Å². The van der Waals surface area contributed by atoms with Crippen molar-refractivity contribution in [3.8, 4) is 11.9 Å². The SMILES string of the molecule is C=CCNC(=S)Nc1c(C#N)cnn1-c1ccccn1. The molecule has 0 saturated carbocycles. The number of hydrogen-bond donors (Lipinski definition) is 2. The molecular formula is C13H12N6S. The van der Waals surface area contributed by atoms with Gasteiger partial charge in [0.1, 0.15) is 11.6 Å². The monoisotopic (exact) mass is 284 g/mol. The maximum absolute atomic E-state index is 9.12. The number of hydrogen-bond acceptors (Lipinski definition) is 4. The average molecular weight is 284 g/mol. The zero-order valence-corrected chi connectivity index (χ0v) is 11.4. The first-order valence-electron chi connectivity index (χ1n) is 5.81. The standard InChI is InChI=1S/C13H12N6S/c1-2-6-16-13(20)18-12-10(8-14)9-17-19(12)11-5-3-4-7-15-11/h2-5,7,9H,1,6H2,(H2,16,18,20). The van der Waals surface area contributed by atoms with E-state index in [4.69, 9.17) is 17.5 Å². The first-order valence-corrected chi connectivity index (χ1v) is 6.22. The van der Waals surface area contributed by atoms with Crippen molar-refractivity contribution in [2.75, 3.05) is 11.9 Å². The molecule has 0 fully saturated rings. The largest absolute Gasteiger partial charge is 0.359 e. The molecule has 0 radical (unpaired) electrons. The first kappa shape index (κ1) is 13.7. The Hall–Kier alpha value is -2.72. The Balaban J connectivity index is 2.31. The molecule has 0 amide bonds. The lowest BCUT2D eigenvalue weighted by Gasteiger charge is -2.11. The van der Waals surface area contributed by atoms with Crippen LogP contribution in [0.1, 0.15) is 5.56 Å². The third kappa shape index (κ3) is 2.99. The van der Waals surface area contributed by atoms with Crippen LogP contribution in [0, 0.1) is 11.3 Å². The smallest absolute Gasteiger partial charge is 0.172 e. The second-order valence-corrected chi connectivity index (χ2v) is 4.15. The lowest BCUT2D eigenvalue weighted by molar-refractivity contribution is 0.854. The van der Waals surface area contributed by atoms with Gasteiger partial charge in [-0.1, -0.05) is 12.1 Å². The van der Waals surface area contributed by atoms with Crippen LogP contribution in [0.5, 0.6) is 0 Å². The van der Waals surface area contributed by atoms with Crippen LogP contribution in [0.25, 0.3) is 5.82 Å². The number of nitrogens with one attached hydrogen (secondary N) is 2. The predicted octanol–water partition coefficient (Wildman–Crippen LogP) is 1.61. The molecule has 2 aromatic heterocycles. The van der Waals surface area contributed by atoms with Crippen LogP contribution in [-0.2, 0) is 0 Å². The van der Waals surface area contributed by atoms with Gasteiger partial charge in [0.15, 0.2) is 16.7 Å². The van der Waals surface area contributed by atoms with Crippen molar-refractivity contribution in [3.05, 3.63) is 48.8 Å². The van der Waals surface area contributed by atoms with Crippen LogP contribution < -0.4 is 10.6 Å². The molecule has 0 bridgehead atoms. The predicted molar refractivity (Wildman–Crippen MR) is 80.5 cm³/mol. The summed E-state index contributed by atoms with van der Waals surface area (Å²) in [4.78, 5) is 4.20. The first-order chi connectivity index (χ1) is 9.76. The minimum Gasteiger partial charge on any atom is -0.359 e. The molecule has 0 unspecified atom stereocenters. The van der Waals surface area contributed by atoms with Gasteiger partial charge in [-0.2, -0.15) is 15.0 Å². The second kappa shape index (κ2) is 6.45. The fourth-order valence-corrected chi connectivity index (χ4v) is 1.70. The van der Waals surface area contributed by atoms with Gasteiger partial charge in [0.2, 0.25) is 0 Å². The third-order valence-corrected chi connectivity index (χ3v) is 2.64. The van der Waals surface area contributed by atoms with E-state index < -0.39 is 0 Å². The summed E-state index contributed by atoms with van der Waals surface area (Å²) in [7, 11) is 0. The lowest BCUT2D eigenvalue weighted by atomic mass is 10.3. The molecule has 2 rings (SSSR count). The summed E-state index contributed by atoms with van der Waals surface area (Å²) in [5.74, 6) is 1.08. The molecule has 0 aliphatic carbocycles. The highest BCUT2D eigenvalue weighted by Crippen LogP contribution is 2.17. The van der Waals surface area contributed by atoms with Crippen LogP contribution in [-0.4, -0.2) is 26.4 Å². The molecule has 0 aliphatic rings. The van der Waals surface area contributed by atoms with Crippen molar-refractivity contribution in [2.24, 2.45) is 0 Å². The number of nitriles is 1. The summed E-state index contributed by atoms with van der Waals surface area (Å²) in [5.41, 5.74) is 0.387. The van der Waals surface area contributed by atoms with Crippen LogP contribution in [0.3, 0.4) is 0 Å². The molecule has 2 aromatic rings. The molecule has 2 N–H and O–H groups in total. The number of rotatable bonds is 4. The van der Waals surface area contributed by atoms with E-state index in [1.807, 2.05) is 12.1 Å². The van der Waals surface area contributed by atoms with E-state index in [1.165, 1.54) is 10.9 Å². The number of pyridine rings is 1. The molecule has 20 heavy (non-hydrogen) atoms. The zero-order chi connectivity index (χ0) is 14.4. The molecular weight excluding hydrogens is 272 g/mol. The van der Waals surface area contributed by atoms with Gasteiger partial charge in [-0.3, -0.25) is 0 Å². The normalized spacial score (nSPS) is 9.55. The zero-order valence-electron chi connectivity index (χ0n) is 10.6. The Morgan fingerprint density at radius 3 is 3.05 bits per heavy atom. The molecule has 0 aliphatic heterocycles. The quantitative estimate of drug-likeness (QED) is 0.656. The van der Waals surface area contributed by atoms with Crippen molar-refractivity contribution in [1.29, 1.82) is 5.26 Å². The van der Waals surface area contributed by atoms with Crippen molar-refractivity contribution in [1.82, 2.24) is 20.1 Å². The summed E-state index contributed by atoms with van der Waals surface area (Å²) in [6, 6.07) is 7.51. The van der Waals surface area contributed by atoms with Crippen molar-refractivity contribution >= 4 is 23.1 Å². The van der Waals surface area contributed by atoms with Gasteiger partial charge in [0.05, 0.1) is 6.20 Å². The second-order valence-electron chi connectivity index (χ2n) is 3.74. The topological polar surface area (TPSA) is 78.6 Å². The van der Waals surface area contributed by atoms with Crippen LogP contribution >= 0.6 is 12.2 Å². The Bertz CT molecular complexity index is 655. The maximum Gasteiger partial charge on any atom is 0.172 e. The molecule has 2 heterocycles. The summed E-state index contributed by atoms with van der Waals surface area (Å²) < 4.78 is 1.53. The molecule has 100 valence electrons. The van der Waals surface area contributed by atoms with E-state index in [-0.39, 0.29) is 0 Å². The molecule has 0 aromatic carbocycles. The lowest BCUT2D eigenvalue weighted by Crippen LogP contribution is -2.29. The van der Waals surface area contributed by atoms with Gasteiger partial charge >= 0.3 is 0 Å². The molecule has 6 nitrogen and oxygen atoms in total. The number of nitrogens with zero attached hydrogens (tertiary/aromatic N) is 4. The minimum atomic E-state index is 0.387. The highest BCUT2D eigenvalue weighted by Gasteiger charge is 2.13. The van der Waals surface area contributed by atoms with Gasteiger partial charge in [0, 0.05) is 12.7 Å². The van der Waals surface area contributed by atoms with E-state index in [2.05, 4.69) is 33.4 Å². The van der Waals surface area contributed by atoms with Crippen molar-refractivity contribution in [3.63, 3.8) is 0 Å². The van der Waals surface area contributed by atoms with Crippen LogP contribution in [0.15, 0.2) is 43.2 Å². The highest BCUT2D eigenvalue weighted by molar-refractivity contribution is 7.80. The number of thiocarbonyl (C=S) groups is 1. The Kier molecular flexibility index (Phi) is 4.42. The summed E-state index contributed by atoms with van der Waals surface area (Å²) in [6.45, 7) is 4.13. The van der Waals surface area contributed by atoms with Gasteiger partial charge < -0.3 is 10.6 Å². The molecule has 0 spiro atoms. The summed E-state index contributed by atoms with van der Waals surface area (Å²) in [5, 5.41) is 19.6. The van der Waals surface area contributed by atoms with Crippen molar-refractivity contribution < 1.29 is 0 Å². The number of anilines is 1. The van der Waals surface area contributed by atoms with E-state index in [1.54, 1.807) is 18.3 Å². The van der Waals surface area contributed by atoms with Crippen LogP contribution in [0.2, 0.25) is 0 Å². The molecule has 0 atom stereocenters. The van der Waals surface area contributed by atoms with Crippen LogP contribution in [0.4, 0.5) is 5.82 Å². The average Bonchev–Trinajstić information content (AvgIpc) is 2.88.